The first-order valence-electron chi connectivity index (χ1n) is 26.9. The summed E-state index contributed by atoms with van der Waals surface area (Å²) in [7, 11) is 1.49. The molecule has 0 amide bonds. The Labute approximate surface area is 487 Å². The van der Waals surface area contributed by atoms with Crippen LogP contribution in [0.25, 0.3) is 10.9 Å². The first kappa shape index (κ1) is 70.5. The number of unbranched alkanes of at least 4 members (excludes halogenated alkanes) is 9. The van der Waals surface area contributed by atoms with Crippen molar-refractivity contribution in [2.24, 2.45) is 34.6 Å². The molecule has 15 N–H and O–H groups in total. The zero-order valence-electron chi connectivity index (χ0n) is 44.4. The minimum Gasteiger partial charge on any atom is -0.492 e. The average Bonchev–Trinajstić information content (AvgIpc) is 4.12. The van der Waals surface area contributed by atoms with E-state index in [1.807, 2.05) is 4.57 Å². The summed E-state index contributed by atoms with van der Waals surface area (Å²) in [5.74, 6) is -1.21. The lowest BCUT2D eigenvalue weighted by atomic mass is 9.84. The van der Waals surface area contributed by atoms with Crippen LogP contribution in [0.4, 0.5) is 10.1 Å². The number of halogens is 6. The number of aliphatic hydroxyl groups is 4. The predicted octanol–water partition coefficient (Wildman–Crippen LogP) is 2.84. The highest BCUT2D eigenvalue weighted by Gasteiger charge is 2.51. The Morgan fingerprint density at radius 3 is 1.97 bits per heavy atom. The standard InChI is InChI=1S/C51H83FN8O13.5ClH/c1-68-47-40-29(42(63)30(49(66)67)24-60(40)28-14-15-28)19-31(52)41(47)59-23-27-13-12-17-58(35(27)25-59)16-10-8-6-4-2-3-5-7-9-11-18-69-48-45(72-50-34(56)21-36(62)37(22-53)70-50)32(54)20-33(55)46(48)73-51-44(65)39(57)43(64)38(26-61)71-51;;;;;/h19,24,27-28,32-39,43-46,48,50-51,61-62,64-65H,2-18,20-23,25-26,53-57H2,1H3,(H,66,67);5*1H/t27-,32-,33+,34+,35+,36-,37+,38+,39-,43+,44+,45+,46-,48-,50+,51+;;;;;/m0...../s1. The number of likely N-dealkylation sites (tertiary alicyclic amines) is 1. The number of benzene rings is 1. The number of nitrogens with two attached hydrogens (primary N) is 5. The molecule has 0 spiro atoms. The summed E-state index contributed by atoms with van der Waals surface area (Å²) < 4.78 is 54.8. The van der Waals surface area contributed by atoms with Crippen LogP contribution in [0.5, 0.6) is 5.75 Å². The molecule has 6 fully saturated rings. The zero-order chi connectivity index (χ0) is 52.1. The third kappa shape index (κ3) is 16.1. The number of carboxylic acid groups (broad SMARTS) is 1. The van der Waals surface area contributed by atoms with E-state index in [0.29, 0.717) is 42.6 Å². The third-order valence-electron chi connectivity index (χ3n) is 16.3. The maximum atomic E-state index is 16.1. The van der Waals surface area contributed by atoms with Gasteiger partial charge in [-0.1, -0.05) is 51.4 Å². The Kier molecular flexibility index (Phi) is 29.3. The average molecular weight is 1220 g/mol. The molecule has 2 aromatic rings. The van der Waals surface area contributed by atoms with E-state index in [0.717, 1.165) is 103 Å². The molecule has 2 saturated carbocycles. The first-order valence-corrected chi connectivity index (χ1v) is 26.9. The summed E-state index contributed by atoms with van der Waals surface area (Å²) in [5, 5.41) is 51.4. The zero-order valence-corrected chi connectivity index (χ0v) is 48.5. The molecule has 6 aliphatic rings. The maximum absolute atomic E-state index is 16.1. The van der Waals surface area contributed by atoms with Gasteiger partial charge in [0.05, 0.1) is 48.9 Å². The molecule has 1 aromatic heterocycles. The van der Waals surface area contributed by atoms with Crippen molar-refractivity contribution in [3.05, 3.63) is 33.9 Å². The Bertz CT molecular complexity index is 2220. The number of rotatable bonds is 24. The summed E-state index contributed by atoms with van der Waals surface area (Å²) in [6, 6.07) is -1.57. The fourth-order valence-corrected chi connectivity index (χ4v) is 12.1. The number of carboxylic acids is 1. The van der Waals surface area contributed by atoms with Crippen molar-refractivity contribution in [1.29, 1.82) is 0 Å². The van der Waals surface area contributed by atoms with Crippen molar-refractivity contribution in [3.63, 3.8) is 0 Å². The van der Waals surface area contributed by atoms with Crippen molar-refractivity contribution in [3.8, 4) is 5.75 Å². The van der Waals surface area contributed by atoms with Crippen LogP contribution in [-0.4, -0.2) is 186 Å². The second-order valence-electron chi connectivity index (χ2n) is 21.5. The number of hydrogen-bond donors (Lipinski definition) is 10. The molecule has 4 saturated heterocycles. The number of hydrogen-bond acceptors (Lipinski definition) is 19. The number of fused-ring (bicyclic) bond motifs is 2. The molecule has 0 radical (unpaired) electrons. The Morgan fingerprint density at radius 1 is 0.782 bits per heavy atom. The summed E-state index contributed by atoms with van der Waals surface area (Å²) in [4.78, 5) is 29.9. The number of anilines is 1. The van der Waals surface area contributed by atoms with Crippen LogP contribution in [0.15, 0.2) is 17.1 Å². The fourth-order valence-electron chi connectivity index (χ4n) is 12.1. The summed E-state index contributed by atoms with van der Waals surface area (Å²) in [6.45, 7) is 3.20. The highest BCUT2D eigenvalue weighted by molar-refractivity contribution is 5.97. The highest BCUT2D eigenvalue weighted by Crippen LogP contribution is 2.46. The molecule has 5 heterocycles. The molecular formula is C51H88Cl5FN8O13. The van der Waals surface area contributed by atoms with E-state index in [4.69, 9.17) is 57.1 Å². The van der Waals surface area contributed by atoms with Crippen LogP contribution in [0, 0.1) is 11.7 Å². The van der Waals surface area contributed by atoms with Crippen molar-refractivity contribution in [2.45, 2.75) is 200 Å². The largest absolute Gasteiger partial charge is 0.492 e. The van der Waals surface area contributed by atoms with E-state index < -0.39 is 109 Å². The van der Waals surface area contributed by atoms with Gasteiger partial charge in [-0.15, -0.1) is 62.0 Å². The molecule has 0 bridgehead atoms. The Hall–Kier alpha value is -1.72. The molecule has 8 rings (SSSR count). The molecule has 27 heteroatoms. The summed E-state index contributed by atoms with van der Waals surface area (Å²) in [6.07, 6.45) is 6.10. The lowest BCUT2D eigenvalue weighted by molar-refractivity contribution is -0.318. The SMILES string of the molecule is COc1c(N2C[C@@H]3CCCN(CCCCCCCCCCCCO[C@@H]4[C@@H](O[C@H]5O[C@H](CO)[C@@H](O)[C@H](N)[C@H]5O)[C@H](N)C[C@H](N)[C@H]4O[C@H]4O[C@H](CN)[C@@H](O)C[C@H]4N)[C@@H]3C2)c(F)cc2c(=O)c(C(=O)O)cn(C3CC3)c12.Cl.Cl.Cl.Cl.Cl. The monoisotopic (exact) mass is 1210 g/mol. The van der Waals surface area contributed by atoms with Gasteiger partial charge in [0.25, 0.3) is 0 Å². The molecule has 1 aromatic carbocycles. The topological polar surface area (TPSA) is 332 Å². The lowest BCUT2D eigenvalue weighted by Gasteiger charge is -2.49. The maximum Gasteiger partial charge on any atom is 0.341 e. The second kappa shape index (κ2) is 32.4. The Balaban J connectivity index is 0.00000320. The number of carbonyl (C=O) groups is 1. The van der Waals surface area contributed by atoms with Gasteiger partial charge >= 0.3 is 5.97 Å². The first-order chi connectivity index (χ1) is 35.1. The van der Waals surface area contributed by atoms with E-state index in [1.54, 1.807) is 0 Å². The van der Waals surface area contributed by atoms with Gasteiger partial charge in [0.15, 0.2) is 24.1 Å². The van der Waals surface area contributed by atoms with E-state index in [9.17, 15) is 35.1 Å². The summed E-state index contributed by atoms with van der Waals surface area (Å²) >= 11 is 0. The molecular weight excluding hydrogens is 1130 g/mol. The van der Waals surface area contributed by atoms with Crippen LogP contribution in [0.1, 0.15) is 119 Å². The summed E-state index contributed by atoms with van der Waals surface area (Å²) in [5.41, 5.74) is 31.4. The number of aliphatic hydroxyl groups excluding tert-OH is 4. The van der Waals surface area contributed by atoms with E-state index in [-0.39, 0.29) is 104 Å². The predicted molar refractivity (Wildman–Crippen MR) is 305 cm³/mol. The van der Waals surface area contributed by atoms with Gasteiger partial charge in [-0.05, 0) is 76.4 Å². The number of pyridine rings is 1. The second-order valence-corrected chi connectivity index (χ2v) is 21.5. The third-order valence-corrected chi connectivity index (χ3v) is 16.3. The number of methoxy groups -OCH3 is 1. The van der Waals surface area contributed by atoms with Crippen molar-refractivity contribution in [1.82, 2.24) is 9.47 Å². The number of aromatic carboxylic acids is 1. The van der Waals surface area contributed by atoms with Gasteiger partial charge in [0.1, 0.15) is 47.9 Å². The minimum absolute atomic E-state index is 0. The molecule has 21 nitrogen and oxygen atoms in total. The van der Waals surface area contributed by atoms with Gasteiger partial charge in [-0.3, -0.25) is 9.69 Å². The normalized spacial score (nSPS) is 32.9. The van der Waals surface area contributed by atoms with Gasteiger partial charge in [0, 0.05) is 56.6 Å². The van der Waals surface area contributed by atoms with Crippen molar-refractivity contribution < 1.29 is 63.1 Å². The quantitative estimate of drug-likeness (QED) is 0.0676. The van der Waals surface area contributed by atoms with Crippen LogP contribution in [0.3, 0.4) is 0 Å². The minimum atomic E-state index is -1.43. The van der Waals surface area contributed by atoms with Gasteiger partial charge in [0.2, 0.25) is 5.43 Å². The fraction of sp³-hybridized carbons (Fsp3) is 0.804. The van der Waals surface area contributed by atoms with Crippen LogP contribution >= 0.6 is 62.0 Å². The van der Waals surface area contributed by atoms with Gasteiger partial charge < -0.3 is 92.1 Å². The molecule has 16 atom stereocenters. The number of aromatic nitrogens is 1. The molecule has 0 unspecified atom stereocenters. The van der Waals surface area contributed by atoms with E-state index in [1.165, 1.54) is 19.4 Å². The number of piperidine rings is 1. The Morgan fingerprint density at radius 2 is 1.38 bits per heavy atom. The van der Waals surface area contributed by atoms with E-state index >= 15 is 4.39 Å². The van der Waals surface area contributed by atoms with E-state index in [2.05, 4.69) is 9.80 Å². The smallest absolute Gasteiger partial charge is 0.341 e. The molecule has 78 heavy (non-hydrogen) atoms. The van der Waals surface area contributed by atoms with Crippen LogP contribution < -0.4 is 43.7 Å². The lowest BCUT2D eigenvalue weighted by Crippen LogP contribution is -2.68. The number of ether oxygens (including phenoxy) is 6. The van der Waals surface area contributed by atoms with Crippen LogP contribution in [0.2, 0.25) is 0 Å². The highest BCUT2D eigenvalue weighted by atomic mass is 35.5. The van der Waals surface area contributed by atoms with Gasteiger partial charge in [-0.2, -0.15) is 0 Å². The van der Waals surface area contributed by atoms with Crippen molar-refractivity contribution in [2.75, 3.05) is 57.9 Å². The van der Waals surface area contributed by atoms with Crippen LogP contribution in [-0.2, 0) is 23.7 Å². The van der Waals surface area contributed by atoms with Crippen molar-refractivity contribution >= 4 is 84.6 Å². The molecule has 4 aliphatic heterocycles. The molecule has 2 aliphatic carbocycles. The van der Waals surface area contributed by atoms with Gasteiger partial charge in [-0.25, -0.2) is 9.18 Å². The molecule has 452 valence electrons. The number of nitrogens with zero attached hydrogens (tertiary/aromatic N) is 3.